The lowest BCUT2D eigenvalue weighted by molar-refractivity contribution is -0.123. The second kappa shape index (κ2) is 8.99. The zero-order valence-corrected chi connectivity index (χ0v) is 16.0. The summed E-state index contributed by atoms with van der Waals surface area (Å²) in [5.74, 6) is 0.436. The molecule has 6 heteroatoms. The molecule has 0 spiro atoms. The average molecular weight is 377 g/mol. The molecule has 0 saturated heterocycles. The van der Waals surface area contributed by atoms with Crippen molar-refractivity contribution in [3.8, 4) is 17.0 Å². The van der Waals surface area contributed by atoms with Crippen LogP contribution in [0, 0.1) is 13.8 Å². The largest absolute Gasteiger partial charge is 0.484 e. The highest BCUT2D eigenvalue weighted by Crippen LogP contribution is 2.16. The molecule has 1 heterocycles. The number of ether oxygens (including phenoxy) is 1. The molecule has 144 valence electrons. The van der Waals surface area contributed by atoms with Crippen molar-refractivity contribution < 1.29 is 9.53 Å². The Balaban J connectivity index is 1.49. The van der Waals surface area contributed by atoms with Gasteiger partial charge in [0.15, 0.2) is 6.61 Å². The highest BCUT2D eigenvalue weighted by Gasteiger charge is 2.05. The number of benzene rings is 2. The van der Waals surface area contributed by atoms with E-state index in [4.69, 9.17) is 4.74 Å². The molecule has 3 rings (SSSR count). The van der Waals surface area contributed by atoms with Crippen molar-refractivity contribution in [1.82, 2.24) is 14.9 Å². The third kappa shape index (κ3) is 5.30. The molecule has 0 aliphatic rings. The summed E-state index contributed by atoms with van der Waals surface area (Å²) in [7, 11) is 0. The van der Waals surface area contributed by atoms with Crippen LogP contribution in [0.25, 0.3) is 11.3 Å². The van der Waals surface area contributed by atoms with Crippen LogP contribution in [0.15, 0.2) is 65.7 Å². The lowest BCUT2D eigenvalue weighted by Gasteiger charge is -2.10. The summed E-state index contributed by atoms with van der Waals surface area (Å²) in [5, 5.41) is 2.75. The fourth-order valence-electron chi connectivity index (χ4n) is 2.89. The Hall–Kier alpha value is -3.41. The summed E-state index contributed by atoms with van der Waals surface area (Å²) in [6, 6.07) is 16.8. The summed E-state index contributed by atoms with van der Waals surface area (Å²) < 4.78 is 7.00. The van der Waals surface area contributed by atoms with Gasteiger partial charge in [-0.25, -0.2) is 4.98 Å². The molecular weight excluding hydrogens is 354 g/mol. The smallest absolute Gasteiger partial charge is 0.258 e. The maximum Gasteiger partial charge on any atom is 0.258 e. The first-order chi connectivity index (χ1) is 13.5. The molecule has 3 aromatic rings. The van der Waals surface area contributed by atoms with E-state index in [1.54, 1.807) is 0 Å². The number of amides is 1. The molecule has 1 amide bonds. The van der Waals surface area contributed by atoms with E-state index >= 15 is 0 Å². The first-order valence-corrected chi connectivity index (χ1v) is 9.11. The van der Waals surface area contributed by atoms with Crippen LogP contribution in [0.3, 0.4) is 0 Å². The van der Waals surface area contributed by atoms with Crippen molar-refractivity contribution in [2.75, 3.05) is 13.2 Å². The average Bonchev–Trinajstić information content (AvgIpc) is 2.67. The van der Waals surface area contributed by atoms with E-state index in [0.717, 1.165) is 16.7 Å². The molecule has 0 aliphatic carbocycles. The Morgan fingerprint density at radius 3 is 2.46 bits per heavy atom. The number of rotatable bonds is 7. The van der Waals surface area contributed by atoms with E-state index < -0.39 is 0 Å². The molecule has 0 unspecified atom stereocenters. The molecule has 0 aliphatic heterocycles. The number of nitrogens with zero attached hydrogens (tertiary/aromatic N) is 2. The maximum atomic E-state index is 12.2. The van der Waals surface area contributed by atoms with Crippen LogP contribution >= 0.6 is 0 Å². The summed E-state index contributed by atoms with van der Waals surface area (Å²) in [6.45, 7) is 4.56. The molecular formula is C22H23N3O3. The Morgan fingerprint density at radius 2 is 1.79 bits per heavy atom. The first-order valence-electron chi connectivity index (χ1n) is 9.11. The van der Waals surface area contributed by atoms with Gasteiger partial charge in [0, 0.05) is 24.7 Å². The van der Waals surface area contributed by atoms with Crippen LogP contribution in [-0.2, 0) is 11.3 Å². The SMILES string of the molecule is Cc1cc(C)cc(OCC(=O)NCCn2cnc(-c3ccccc3)cc2=O)c1. The lowest BCUT2D eigenvalue weighted by atomic mass is 10.1. The highest BCUT2D eigenvalue weighted by molar-refractivity contribution is 5.77. The Kier molecular flexibility index (Phi) is 6.22. The number of carbonyl (C=O) groups excluding carboxylic acids is 1. The minimum Gasteiger partial charge on any atom is -0.484 e. The minimum atomic E-state index is -0.235. The van der Waals surface area contributed by atoms with Gasteiger partial charge in [0.2, 0.25) is 0 Å². The van der Waals surface area contributed by atoms with Crippen LogP contribution in [0.5, 0.6) is 5.75 Å². The first kappa shape index (κ1) is 19.4. The molecule has 0 radical (unpaired) electrons. The third-order valence-electron chi connectivity index (χ3n) is 4.19. The van der Waals surface area contributed by atoms with Gasteiger partial charge in [-0.15, -0.1) is 0 Å². The highest BCUT2D eigenvalue weighted by atomic mass is 16.5. The number of hydrogen-bond donors (Lipinski definition) is 1. The zero-order valence-electron chi connectivity index (χ0n) is 16.0. The fourth-order valence-corrected chi connectivity index (χ4v) is 2.89. The molecule has 2 aromatic carbocycles. The fraction of sp³-hybridized carbons (Fsp3) is 0.227. The summed E-state index contributed by atoms with van der Waals surface area (Å²) >= 11 is 0. The third-order valence-corrected chi connectivity index (χ3v) is 4.19. The number of carbonyl (C=O) groups is 1. The van der Waals surface area contributed by atoms with Gasteiger partial charge in [-0.1, -0.05) is 36.4 Å². The van der Waals surface area contributed by atoms with E-state index in [2.05, 4.69) is 10.3 Å². The van der Waals surface area contributed by atoms with Crippen molar-refractivity contribution in [3.05, 3.63) is 82.4 Å². The second-order valence-corrected chi connectivity index (χ2v) is 6.63. The monoisotopic (exact) mass is 377 g/mol. The Labute approximate surface area is 163 Å². The molecule has 0 fully saturated rings. The van der Waals surface area contributed by atoms with Gasteiger partial charge in [0.25, 0.3) is 11.5 Å². The number of aryl methyl sites for hydroxylation is 2. The Bertz CT molecular complexity index is 993. The van der Waals surface area contributed by atoms with E-state index in [1.807, 2.05) is 62.4 Å². The molecule has 1 N–H and O–H groups in total. The summed E-state index contributed by atoms with van der Waals surface area (Å²) in [6.07, 6.45) is 1.50. The van der Waals surface area contributed by atoms with E-state index in [9.17, 15) is 9.59 Å². The van der Waals surface area contributed by atoms with Crippen molar-refractivity contribution in [3.63, 3.8) is 0 Å². The van der Waals surface area contributed by atoms with Crippen molar-refractivity contribution in [2.45, 2.75) is 20.4 Å². The van der Waals surface area contributed by atoms with Gasteiger partial charge < -0.3 is 10.1 Å². The van der Waals surface area contributed by atoms with Gasteiger partial charge in [0.05, 0.1) is 12.0 Å². The van der Waals surface area contributed by atoms with Crippen LogP contribution in [0.1, 0.15) is 11.1 Å². The van der Waals surface area contributed by atoms with Gasteiger partial charge in [-0.05, 0) is 37.1 Å². The summed E-state index contributed by atoms with van der Waals surface area (Å²) in [5.41, 5.74) is 3.54. The van der Waals surface area contributed by atoms with Crippen molar-refractivity contribution in [2.24, 2.45) is 0 Å². The predicted octanol–water partition coefficient (Wildman–Crippen LogP) is 2.72. The normalized spacial score (nSPS) is 10.5. The molecule has 0 atom stereocenters. The van der Waals surface area contributed by atoms with E-state index in [0.29, 0.717) is 24.5 Å². The number of hydrogen-bond acceptors (Lipinski definition) is 4. The minimum absolute atomic E-state index is 0.0665. The molecule has 1 aromatic heterocycles. The molecule has 0 bridgehead atoms. The van der Waals surface area contributed by atoms with Crippen LogP contribution in [-0.4, -0.2) is 28.6 Å². The van der Waals surface area contributed by atoms with Crippen LogP contribution in [0.4, 0.5) is 0 Å². The van der Waals surface area contributed by atoms with Gasteiger partial charge in [-0.3, -0.25) is 14.2 Å². The molecule has 6 nitrogen and oxygen atoms in total. The van der Waals surface area contributed by atoms with Crippen molar-refractivity contribution >= 4 is 5.91 Å². The van der Waals surface area contributed by atoms with Crippen LogP contribution < -0.4 is 15.6 Å². The van der Waals surface area contributed by atoms with Gasteiger partial charge in [-0.2, -0.15) is 0 Å². The van der Waals surface area contributed by atoms with E-state index in [-0.39, 0.29) is 18.1 Å². The molecule has 28 heavy (non-hydrogen) atoms. The quantitative estimate of drug-likeness (QED) is 0.687. The van der Waals surface area contributed by atoms with Crippen molar-refractivity contribution in [1.29, 1.82) is 0 Å². The Morgan fingerprint density at radius 1 is 1.07 bits per heavy atom. The topological polar surface area (TPSA) is 73.2 Å². The van der Waals surface area contributed by atoms with Gasteiger partial charge >= 0.3 is 0 Å². The van der Waals surface area contributed by atoms with Gasteiger partial charge in [0.1, 0.15) is 5.75 Å². The maximum absolute atomic E-state index is 12.2. The van der Waals surface area contributed by atoms with E-state index in [1.165, 1.54) is 17.0 Å². The summed E-state index contributed by atoms with van der Waals surface area (Å²) in [4.78, 5) is 28.5. The number of aromatic nitrogens is 2. The second-order valence-electron chi connectivity index (χ2n) is 6.63. The lowest BCUT2D eigenvalue weighted by Crippen LogP contribution is -2.33. The predicted molar refractivity (Wildman–Crippen MR) is 108 cm³/mol. The van der Waals surface area contributed by atoms with Crippen LogP contribution in [0.2, 0.25) is 0 Å². The number of nitrogens with one attached hydrogen (secondary N) is 1. The molecule has 0 saturated carbocycles. The standard InChI is InChI=1S/C22H23N3O3/c1-16-10-17(2)12-19(11-16)28-14-21(26)23-8-9-25-15-24-20(13-22(25)27)18-6-4-3-5-7-18/h3-7,10-13,15H,8-9,14H2,1-2H3,(H,23,26). The zero-order chi connectivity index (χ0) is 19.9.